The number of aromatic nitrogens is 1. The van der Waals surface area contributed by atoms with Gasteiger partial charge in [0.2, 0.25) is 0 Å². The van der Waals surface area contributed by atoms with Crippen LogP contribution in [-0.4, -0.2) is 35.6 Å². The van der Waals surface area contributed by atoms with E-state index in [1.165, 1.54) is 5.01 Å². The Bertz CT molecular complexity index is 1370. The van der Waals surface area contributed by atoms with Gasteiger partial charge in [-0.1, -0.05) is 54.6 Å². The molecule has 0 aliphatic carbocycles. The van der Waals surface area contributed by atoms with Gasteiger partial charge in [0, 0.05) is 6.42 Å². The molecule has 1 atom stereocenters. The monoisotopic (exact) mass is 499 g/mol. The molecular formula is C28H25N3O4S. The standard InChI is InChI=1S/C28H25N3O4S/c1-34-21-13-11-20(12-14-21)24-17-23(19-7-3-2-4-8-19)30-31(24)27(32)18-35-28(33)16-15-26-29-22-9-5-6-10-25(22)36-26/h2-14,17,24,30H,15-16,18H2,1H3/t24-/m1/s1. The molecule has 36 heavy (non-hydrogen) atoms. The highest BCUT2D eigenvalue weighted by molar-refractivity contribution is 7.18. The predicted molar refractivity (Wildman–Crippen MR) is 139 cm³/mol. The summed E-state index contributed by atoms with van der Waals surface area (Å²) in [6, 6.07) is 24.8. The zero-order valence-electron chi connectivity index (χ0n) is 19.7. The lowest BCUT2D eigenvalue weighted by Crippen LogP contribution is -2.42. The van der Waals surface area contributed by atoms with E-state index < -0.39 is 5.97 Å². The summed E-state index contributed by atoms with van der Waals surface area (Å²) < 4.78 is 11.7. The second-order valence-corrected chi connectivity index (χ2v) is 9.39. The Morgan fingerprint density at radius 1 is 1.00 bits per heavy atom. The van der Waals surface area contributed by atoms with E-state index in [0.717, 1.165) is 37.8 Å². The molecule has 1 aliphatic rings. The number of nitrogens with one attached hydrogen (secondary N) is 1. The molecule has 1 N–H and O–H groups in total. The van der Waals surface area contributed by atoms with Gasteiger partial charge in [-0.25, -0.2) is 9.99 Å². The SMILES string of the molecule is COc1ccc([C@H]2C=C(c3ccccc3)NN2C(=O)COC(=O)CCc2nc3ccccc3s2)cc1. The lowest BCUT2D eigenvalue weighted by atomic mass is 10.0. The molecule has 0 unspecified atom stereocenters. The van der Waals surface area contributed by atoms with Gasteiger partial charge in [0.25, 0.3) is 5.91 Å². The van der Waals surface area contributed by atoms with Crippen LogP contribution < -0.4 is 10.2 Å². The van der Waals surface area contributed by atoms with Crippen LogP contribution in [0.15, 0.2) is 84.9 Å². The molecule has 0 bridgehead atoms. The number of para-hydroxylation sites is 1. The quantitative estimate of drug-likeness (QED) is 0.347. The van der Waals surface area contributed by atoms with E-state index in [-0.39, 0.29) is 25.0 Å². The van der Waals surface area contributed by atoms with E-state index in [1.54, 1.807) is 18.4 Å². The number of benzene rings is 3. The van der Waals surface area contributed by atoms with Crippen LogP contribution in [0.3, 0.4) is 0 Å². The summed E-state index contributed by atoms with van der Waals surface area (Å²) in [4.78, 5) is 30.1. The van der Waals surface area contributed by atoms with Crippen molar-refractivity contribution in [3.63, 3.8) is 0 Å². The van der Waals surface area contributed by atoms with Crippen molar-refractivity contribution in [3.05, 3.63) is 101 Å². The minimum absolute atomic E-state index is 0.163. The highest BCUT2D eigenvalue weighted by Crippen LogP contribution is 2.32. The van der Waals surface area contributed by atoms with E-state index >= 15 is 0 Å². The molecule has 1 amide bonds. The Morgan fingerprint density at radius 2 is 1.75 bits per heavy atom. The van der Waals surface area contributed by atoms with Gasteiger partial charge in [0.1, 0.15) is 5.75 Å². The van der Waals surface area contributed by atoms with Crippen LogP contribution in [0.1, 0.15) is 28.6 Å². The Hall–Kier alpha value is -4.17. The average Bonchev–Trinajstić information content (AvgIpc) is 3.56. The fourth-order valence-electron chi connectivity index (χ4n) is 4.03. The number of fused-ring (bicyclic) bond motifs is 1. The number of thiazole rings is 1. The van der Waals surface area contributed by atoms with Gasteiger partial charge in [0.15, 0.2) is 6.61 Å². The third kappa shape index (κ3) is 5.23. The van der Waals surface area contributed by atoms with E-state index in [9.17, 15) is 9.59 Å². The number of hydrogen-bond donors (Lipinski definition) is 1. The highest BCUT2D eigenvalue weighted by atomic mass is 32.1. The Morgan fingerprint density at radius 3 is 2.50 bits per heavy atom. The Labute approximate surface area is 213 Å². The normalized spacial score (nSPS) is 14.9. The predicted octanol–water partition coefficient (Wildman–Crippen LogP) is 4.91. The van der Waals surface area contributed by atoms with E-state index in [0.29, 0.717) is 6.42 Å². The molecule has 0 saturated heterocycles. The van der Waals surface area contributed by atoms with Crippen molar-refractivity contribution < 1.29 is 19.1 Å². The molecule has 0 saturated carbocycles. The number of esters is 1. The number of nitrogens with zero attached hydrogens (tertiary/aromatic N) is 2. The van der Waals surface area contributed by atoms with Crippen LogP contribution in [0.25, 0.3) is 15.9 Å². The summed E-state index contributed by atoms with van der Waals surface area (Å²) in [7, 11) is 1.61. The summed E-state index contributed by atoms with van der Waals surface area (Å²) >= 11 is 1.56. The van der Waals surface area contributed by atoms with Crippen LogP contribution in [-0.2, 0) is 20.7 Å². The number of hydrogen-bond acceptors (Lipinski definition) is 7. The van der Waals surface area contributed by atoms with Crippen LogP contribution in [0.4, 0.5) is 0 Å². The molecular weight excluding hydrogens is 474 g/mol. The minimum Gasteiger partial charge on any atom is -0.497 e. The maximum Gasteiger partial charge on any atom is 0.306 e. The molecule has 7 nitrogen and oxygen atoms in total. The van der Waals surface area contributed by atoms with E-state index in [2.05, 4.69) is 10.4 Å². The second-order valence-electron chi connectivity index (χ2n) is 8.28. The zero-order chi connectivity index (χ0) is 24.9. The number of amides is 1. The summed E-state index contributed by atoms with van der Waals surface area (Å²) in [5.74, 6) is -0.0396. The number of carbonyl (C=O) groups excluding carboxylic acids is 2. The van der Waals surface area contributed by atoms with E-state index in [1.807, 2.05) is 84.9 Å². The largest absolute Gasteiger partial charge is 0.497 e. The van der Waals surface area contributed by atoms with Crippen LogP contribution in [0.2, 0.25) is 0 Å². The molecule has 2 heterocycles. The molecule has 0 spiro atoms. The lowest BCUT2D eigenvalue weighted by Gasteiger charge is -2.25. The summed E-state index contributed by atoms with van der Waals surface area (Å²) in [6.45, 7) is -0.353. The zero-order valence-corrected chi connectivity index (χ0v) is 20.5. The summed E-state index contributed by atoms with van der Waals surface area (Å²) in [6.07, 6.45) is 2.63. The summed E-state index contributed by atoms with van der Waals surface area (Å²) in [5.41, 5.74) is 6.79. The van der Waals surface area contributed by atoms with Gasteiger partial charge >= 0.3 is 5.97 Å². The number of hydrazine groups is 1. The number of rotatable bonds is 8. The first-order valence-electron chi connectivity index (χ1n) is 11.6. The molecule has 3 aromatic carbocycles. The van der Waals surface area contributed by atoms with Gasteiger partial charge in [-0.3, -0.25) is 15.0 Å². The van der Waals surface area contributed by atoms with E-state index in [4.69, 9.17) is 9.47 Å². The Balaban J connectivity index is 1.23. The second kappa shape index (κ2) is 10.6. The molecule has 1 aliphatic heterocycles. The fraction of sp³-hybridized carbons (Fsp3) is 0.179. The maximum absolute atomic E-state index is 13.1. The summed E-state index contributed by atoms with van der Waals surface area (Å²) in [5, 5.41) is 2.38. The first-order chi connectivity index (χ1) is 17.6. The number of aryl methyl sites for hydroxylation is 1. The average molecular weight is 500 g/mol. The molecule has 5 rings (SSSR count). The van der Waals surface area contributed by atoms with Crippen molar-refractivity contribution in [1.82, 2.24) is 15.4 Å². The van der Waals surface area contributed by atoms with Gasteiger partial charge in [-0.05, 0) is 41.5 Å². The van der Waals surface area contributed by atoms with Crippen molar-refractivity contribution in [2.45, 2.75) is 18.9 Å². The third-order valence-corrected chi connectivity index (χ3v) is 6.99. The van der Waals surface area contributed by atoms with Crippen molar-refractivity contribution in [1.29, 1.82) is 0 Å². The van der Waals surface area contributed by atoms with Crippen LogP contribution >= 0.6 is 11.3 Å². The van der Waals surface area contributed by atoms with Crippen molar-refractivity contribution >= 4 is 39.1 Å². The molecule has 0 fully saturated rings. The molecule has 182 valence electrons. The number of carbonyl (C=O) groups is 2. The van der Waals surface area contributed by atoms with Gasteiger partial charge in [-0.15, -0.1) is 11.3 Å². The fourth-order valence-corrected chi connectivity index (χ4v) is 5.00. The first-order valence-corrected chi connectivity index (χ1v) is 12.4. The van der Waals surface area contributed by atoms with Crippen LogP contribution in [0, 0.1) is 0 Å². The molecule has 4 aromatic rings. The van der Waals surface area contributed by atoms with Gasteiger partial charge < -0.3 is 9.47 Å². The highest BCUT2D eigenvalue weighted by Gasteiger charge is 2.31. The molecule has 8 heteroatoms. The minimum atomic E-state index is -0.431. The van der Waals surface area contributed by atoms with Crippen molar-refractivity contribution in [3.8, 4) is 5.75 Å². The smallest absolute Gasteiger partial charge is 0.306 e. The topological polar surface area (TPSA) is 80.8 Å². The molecule has 0 radical (unpaired) electrons. The number of methoxy groups -OCH3 is 1. The third-order valence-electron chi connectivity index (χ3n) is 5.89. The number of ether oxygens (including phenoxy) is 2. The van der Waals surface area contributed by atoms with Crippen molar-refractivity contribution in [2.75, 3.05) is 13.7 Å². The lowest BCUT2D eigenvalue weighted by molar-refractivity contribution is -0.153. The van der Waals surface area contributed by atoms with Gasteiger partial charge in [-0.2, -0.15) is 0 Å². The Kier molecular flexibility index (Phi) is 6.95. The maximum atomic E-state index is 13.1. The first kappa shape index (κ1) is 23.6. The van der Waals surface area contributed by atoms with Crippen molar-refractivity contribution in [2.24, 2.45) is 0 Å². The molecule has 1 aromatic heterocycles. The van der Waals surface area contributed by atoms with Crippen LogP contribution in [0.5, 0.6) is 5.75 Å². The van der Waals surface area contributed by atoms with Gasteiger partial charge in [0.05, 0.1) is 40.5 Å².